The van der Waals surface area contributed by atoms with Crippen LogP contribution in [0.25, 0.3) is 0 Å². The van der Waals surface area contributed by atoms with Gasteiger partial charge in [0, 0.05) is 18.6 Å². The lowest BCUT2D eigenvalue weighted by atomic mass is 10.0. The highest BCUT2D eigenvalue weighted by atomic mass is 16.5. The molecule has 1 aliphatic rings. The lowest BCUT2D eigenvalue weighted by molar-refractivity contribution is 0.197. The van der Waals surface area contributed by atoms with E-state index in [1.807, 2.05) is 12.1 Å². The molecule has 0 aromatic heterocycles. The summed E-state index contributed by atoms with van der Waals surface area (Å²) in [6.45, 7) is 6.56. The molecular formula is C16H26N2O. The second-order valence-electron chi connectivity index (χ2n) is 5.75. The molecule has 2 rings (SSSR count). The Morgan fingerprint density at radius 3 is 2.79 bits per heavy atom. The van der Waals surface area contributed by atoms with Crippen molar-refractivity contribution in [2.75, 3.05) is 20.2 Å². The first kappa shape index (κ1) is 14.4. The molecule has 1 heterocycles. The van der Waals surface area contributed by atoms with Crippen molar-refractivity contribution in [2.45, 2.75) is 38.8 Å². The van der Waals surface area contributed by atoms with Gasteiger partial charge in [0.1, 0.15) is 5.75 Å². The number of hydrogen-bond donors (Lipinski definition) is 1. The van der Waals surface area contributed by atoms with E-state index in [0.29, 0.717) is 18.0 Å². The van der Waals surface area contributed by atoms with Gasteiger partial charge in [0.15, 0.2) is 0 Å². The Kier molecular flexibility index (Phi) is 4.83. The van der Waals surface area contributed by atoms with Gasteiger partial charge in [0.05, 0.1) is 7.11 Å². The summed E-state index contributed by atoms with van der Waals surface area (Å²) >= 11 is 0. The van der Waals surface area contributed by atoms with Crippen LogP contribution in [-0.2, 0) is 6.42 Å². The van der Waals surface area contributed by atoms with E-state index in [1.54, 1.807) is 7.11 Å². The van der Waals surface area contributed by atoms with Crippen LogP contribution in [0.3, 0.4) is 0 Å². The van der Waals surface area contributed by atoms with Gasteiger partial charge in [-0.25, -0.2) is 0 Å². The number of benzene rings is 1. The maximum atomic E-state index is 5.81. The quantitative estimate of drug-likeness (QED) is 0.885. The Morgan fingerprint density at radius 1 is 1.42 bits per heavy atom. The van der Waals surface area contributed by atoms with Crippen LogP contribution in [-0.4, -0.2) is 37.2 Å². The largest absolute Gasteiger partial charge is 0.496 e. The third kappa shape index (κ3) is 3.28. The number of nitrogens with two attached hydrogens (primary N) is 1. The number of para-hydroxylation sites is 1. The topological polar surface area (TPSA) is 38.5 Å². The van der Waals surface area contributed by atoms with Crippen molar-refractivity contribution >= 4 is 0 Å². The molecule has 1 aliphatic heterocycles. The van der Waals surface area contributed by atoms with Gasteiger partial charge in [-0.2, -0.15) is 0 Å². The molecular weight excluding hydrogens is 236 g/mol. The summed E-state index contributed by atoms with van der Waals surface area (Å²) in [5.41, 5.74) is 7.10. The minimum absolute atomic E-state index is 0.530. The van der Waals surface area contributed by atoms with E-state index in [0.717, 1.165) is 25.3 Å². The van der Waals surface area contributed by atoms with Crippen molar-refractivity contribution in [1.82, 2.24) is 4.90 Å². The molecule has 3 nitrogen and oxygen atoms in total. The molecule has 3 atom stereocenters. The molecule has 2 N–H and O–H groups in total. The zero-order valence-corrected chi connectivity index (χ0v) is 12.3. The Morgan fingerprint density at radius 2 is 2.16 bits per heavy atom. The van der Waals surface area contributed by atoms with Crippen LogP contribution in [0.5, 0.6) is 5.75 Å². The predicted octanol–water partition coefficient (Wildman–Crippen LogP) is 2.30. The van der Waals surface area contributed by atoms with E-state index in [9.17, 15) is 0 Å². The van der Waals surface area contributed by atoms with Crippen molar-refractivity contribution in [1.29, 1.82) is 0 Å². The van der Waals surface area contributed by atoms with Gasteiger partial charge in [-0.3, -0.25) is 4.90 Å². The standard InChI is InChI=1S/C16H26N2O/c1-12-8-14(10-17)11-18(12)13(2)9-15-6-4-5-7-16(15)19-3/h4-7,12-14H,8-11,17H2,1-3H3. The van der Waals surface area contributed by atoms with Gasteiger partial charge in [-0.15, -0.1) is 0 Å². The van der Waals surface area contributed by atoms with Gasteiger partial charge < -0.3 is 10.5 Å². The number of nitrogens with zero attached hydrogens (tertiary/aromatic N) is 1. The van der Waals surface area contributed by atoms with Crippen LogP contribution in [0.4, 0.5) is 0 Å². The lowest BCUT2D eigenvalue weighted by Gasteiger charge is -2.29. The van der Waals surface area contributed by atoms with Crippen molar-refractivity contribution in [2.24, 2.45) is 11.7 Å². The van der Waals surface area contributed by atoms with Crippen LogP contribution in [0.1, 0.15) is 25.8 Å². The van der Waals surface area contributed by atoms with Crippen LogP contribution >= 0.6 is 0 Å². The van der Waals surface area contributed by atoms with E-state index in [1.165, 1.54) is 12.0 Å². The fourth-order valence-corrected chi connectivity index (χ4v) is 3.26. The Balaban J connectivity index is 2.03. The maximum Gasteiger partial charge on any atom is 0.122 e. The Labute approximate surface area is 116 Å². The smallest absolute Gasteiger partial charge is 0.122 e. The van der Waals surface area contributed by atoms with Crippen LogP contribution in [0.15, 0.2) is 24.3 Å². The molecule has 0 bridgehead atoms. The molecule has 0 amide bonds. The summed E-state index contributed by atoms with van der Waals surface area (Å²) in [6, 6.07) is 9.48. The van der Waals surface area contributed by atoms with E-state index in [2.05, 4.69) is 30.9 Å². The van der Waals surface area contributed by atoms with Crippen molar-refractivity contribution in [3.05, 3.63) is 29.8 Å². The third-order valence-electron chi connectivity index (χ3n) is 4.32. The highest BCUT2D eigenvalue weighted by Gasteiger charge is 2.31. The van der Waals surface area contributed by atoms with Gasteiger partial charge in [-0.1, -0.05) is 18.2 Å². The predicted molar refractivity (Wildman–Crippen MR) is 79.5 cm³/mol. The first-order chi connectivity index (χ1) is 9.15. The molecule has 1 fully saturated rings. The monoisotopic (exact) mass is 262 g/mol. The van der Waals surface area contributed by atoms with Crippen molar-refractivity contribution < 1.29 is 4.74 Å². The van der Waals surface area contributed by atoms with E-state index < -0.39 is 0 Å². The van der Waals surface area contributed by atoms with E-state index >= 15 is 0 Å². The first-order valence-electron chi connectivity index (χ1n) is 7.23. The summed E-state index contributed by atoms with van der Waals surface area (Å²) < 4.78 is 5.44. The SMILES string of the molecule is COc1ccccc1CC(C)N1CC(CN)CC1C. The van der Waals surface area contributed by atoms with Crippen molar-refractivity contribution in [3.8, 4) is 5.75 Å². The normalized spacial score (nSPS) is 25.5. The second kappa shape index (κ2) is 6.40. The molecule has 1 aromatic carbocycles. The molecule has 19 heavy (non-hydrogen) atoms. The number of rotatable bonds is 5. The van der Waals surface area contributed by atoms with Gasteiger partial charge in [-0.05, 0) is 50.8 Å². The van der Waals surface area contributed by atoms with E-state index in [4.69, 9.17) is 10.5 Å². The molecule has 3 heteroatoms. The zero-order chi connectivity index (χ0) is 13.8. The first-order valence-corrected chi connectivity index (χ1v) is 7.23. The molecule has 1 saturated heterocycles. The average Bonchev–Trinajstić information content (AvgIpc) is 2.80. The molecule has 0 spiro atoms. The number of ether oxygens (including phenoxy) is 1. The Hall–Kier alpha value is -1.06. The van der Waals surface area contributed by atoms with Crippen LogP contribution in [0.2, 0.25) is 0 Å². The molecule has 106 valence electrons. The minimum atomic E-state index is 0.530. The lowest BCUT2D eigenvalue weighted by Crippen LogP contribution is -2.37. The number of methoxy groups -OCH3 is 1. The van der Waals surface area contributed by atoms with Crippen molar-refractivity contribution in [3.63, 3.8) is 0 Å². The number of hydrogen-bond acceptors (Lipinski definition) is 3. The number of likely N-dealkylation sites (tertiary alicyclic amines) is 1. The Bertz CT molecular complexity index is 407. The van der Waals surface area contributed by atoms with Crippen LogP contribution < -0.4 is 10.5 Å². The fraction of sp³-hybridized carbons (Fsp3) is 0.625. The summed E-state index contributed by atoms with van der Waals surface area (Å²) in [5, 5.41) is 0. The zero-order valence-electron chi connectivity index (χ0n) is 12.3. The minimum Gasteiger partial charge on any atom is -0.496 e. The van der Waals surface area contributed by atoms with Gasteiger partial charge >= 0.3 is 0 Å². The molecule has 0 radical (unpaired) electrons. The second-order valence-corrected chi connectivity index (χ2v) is 5.75. The summed E-state index contributed by atoms with van der Waals surface area (Å²) in [4.78, 5) is 2.59. The summed E-state index contributed by atoms with van der Waals surface area (Å²) in [6.07, 6.45) is 2.26. The highest BCUT2D eigenvalue weighted by molar-refractivity contribution is 5.33. The van der Waals surface area contributed by atoms with E-state index in [-0.39, 0.29) is 0 Å². The third-order valence-corrected chi connectivity index (χ3v) is 4.32. The summed E-state index contributed by atoms with van der Waals surface area (Å²) in [5.74, 6) is 1.66. The molecule has 0 aliphatic carbocycles. The highest BCUT2D eigenvalue weighted by Crippen LogP contribution is 2.27. The average molecular weight is 262 g/mol. The van der Waals surface area contributed by atoms with Gasteiger partial charge in [0.25, 0.3) is 0 Å². The van der Waals surface area contributed by atoms with Gasteiger partial charge in [0.2, 0.25) is 0 Å². The van der Waals surface area contributed by atoms with Crippen LogP contribution in [0, 0.1) is 5.92 Å². The fourth-order valence-electron chi connectivity index (χ4n) is 3.26. The molecule has 3 unspecified atom stereocenters. The molecule has 1 aromatic rings. The molecule has 0 saturated carbocycles. The summed E-state index contributed by atoms with van der Waals surface area (Å²) in [7, 11) is 1.74. The maximum absolute atomic E-state index is 5.81.